The Bertz CT molecular complexity index is 1000. The number of carbonyl (C=O) groups excluding carboxylic acids is 1. The first-order valence-electron chi connectivity index (χ1n) is 11.2. The highest BCUT2D eigenvalue weighted by Crippen LogP contribution is 2.46. The summed E-state index contributed by atoms with van der Waals surface area (Å²) in [7, 11) is 1.55. The van der Waals surface area contributed by atoms with E-state index in [1.165, 1.54) is 24.2 Å². The number of nitrogens with zero attached hydrogens (tertiary/aromatic N) is 4. The minimum absolute atomic E-state index is 0.216. The Morgan fingerprint density at radius 2 is 1.94 bits per heavy atom. The molecule has 5 N–H and O–H groups in total. The van der Waals surface area contributed by atoms with Crippen LogP contribution in [0.1, 0.15) is 72.9 Å². The van der Waals surface area contributed by atoms with E-state index in [0.29, 0.717) is 22.2 Å². The van der Waals surface area contributed by atoms with Gasteiger partial charge in [-0.25, -0.2) is 19.7 Å². The third-order valence-corrected chi connectivity index (χ3v) is 7.40. The van der Waals surface area contributed by atoms with Gasteiger partial charge in [0, 0.05) is 31.4 Å². The molecule has 178 valence electrons. The number of hydrogen-bond donors (Lipinski definition) is 3. The lowest BCUT2D eigenvalue weighted by Gasteiger charge is -2.23. The highest BCUT2D eigenvalue weighted by Gasteiger charge is 2.45. The Balaban J connectivity index is 1.55. The lowest BCUT2D eigenvalue weighted by Crippen LogP contribution is -2.28. The highest BCUT2D eigenvalue weighted by atomic mass is 32.1. The lowest BCUT2D eigenvalue weighted by atomic mass is 9.83. The number of benzene rings is 1. The molecule has 1 aromatic heterocycles. The second-order valence-corrected chi connectivity index (χ2v) is 9.94. The van der Waals surface area contributed by atoms with E-state index in [1.807, 2.05) is 0 Å². The molecule has 2 atom stereocenters. The van der Waals surface area contributed by atoms with Crippen molar-refractivity contribution >= 4 is 28.2 Å². The standard InChI is InChI=1S/C22H29F2N7OS/c1-31(26)30-18(25)14-8-6-13(7-9-14)17(16-10-11-22(23,24)12-16)19(32)27-21-29-28-20(33-21)15-4-2-3-5-15/h6-9,15-17H,2-5,10-12,26H2,1H3,(H2,25,30)(H,27,29,32). The van der Waals surface area contributed by atoms with Crippen molar-refractivity contribution in [1.29, 1.82) is 0 Å². The predicted octanol–water partition coefficient (Wildman–Crippen LogP) is 3.78. The molecule has 2 aliphatic rings. The summed E-state index contributed by atoms with van der Waals surface area (Å²) in [5, 5.41) is 17.6. The number of anilines is 1. The molecule has 33 heavy (non-hydrogen) atoms. The van der Waals surface area contributed by atoms with Gasteiger partial charge in [-0.2, -0.15) is 0 Å². The van der Waals surface area contributed by atoms with E-state index >= 15 is 0 Å². The van der Waals surface area contributed by atoms with Crippen molar-refractivity contribution in [2.45, 2.75) is 62.7 Å². The average molecular weight is 478 g/mol. The summed E-state index contributed by atoms with van der Waals surface area (Å²) >= 11 is 1.37. The van der Waals surface area contributed by atoms with Gasteiger partial charge < -0.3 is 5.73 Å². The smallest absolute Gasteiger partial charge is 0.248 e. The van der Waals surface area contributed by atoms with Crippen molar-refractivity contribution in [3.05, 3.63) is 40.4 Å². The second kappa shape index (κ2) is 9.68. The number of amides is 1. The van der Waals surface area contributed by atoms with Gasteiger partial charge in [-0.05, 0) is 30.7 Å². The second-order valence-electron chi connectivity index (χ2n) is 8.93. The van der Waals surface area contributed by atoms with Crippen LogP contribution in [0.3, 0.4) is 0 Å². The molecule has 2 aromatic rings. The molecule has 0 saturated heterocycles. The van der Waals surface area contributed by atoms with Crippen LogP contribution in [0.15, 0.2) is 29.4 Å². The molecule has 11 heteroatoms. The Morgan fingerprint density at radius 1 is 1.24 bits per heavy atom. The van der Waals surface area contributed by atoms with Crippen LogP contribution in [0.2, 0.25) is 0 Å². The first-order valence-corrected chi connectivity index (χ1v) is 12.0. The fraction of sp³-hybridized carbons (Fsp3) is 0.545. The van der Waals surface area contributed by atoms with Crippen LogP contribution in [0.4, 0.5) is 13.9 Å². The predicted molar refractivity (Wildman–Crippen MR) is 124 cm³/mol. The monoisotopic (exact) mass is 477 g/mol. The molecule has 0 radical (unpaired) electrons. The average Bonchev–Trinajstić information content (AvgIpc) is 3.49. The van der Waals surface area contributed by atoms with E-state index in [-0.39, 0.29) is 31.0 Å². The third kappa shape index (κ3) is 5.64. The number of halogens is 2. The Labute approximate surface area is 195 Å². The lowest BCUT2D eigenvalue weighted by molar-refractivity contribution is -0.118. The molecular formula is C22H29F2N7OS. The summed E-state index contributed by atoms with van der Waals surface area (Å²) < 4.78 is 28.1. The molecule has 2 aliphatic carbocycles. The Morgan fingerprint density at radius 3 is 2.55 bits per heavy atom. The number of hydrogen-bond acceptors (Lipinski definition) is 7. The van der Waals surface area contributed by atoms with Gasteiger partial charge in [0.1, 0.15) is 5.01 Å². The maximum Gasteiger partial charge on any atom is 0.248 e. The number of amidine groups is 1. The van der Waals surface area contributed by atoms with Crippen molar-refractivity contribution in [1.82, 2.24) is 15.3 Å². The summed E-state index contributed by atoms with van der Waals surface area (Å²) in [6, 6.07) is 6.90. The van der Waals surface area contributed by atoms with Crippen molar-refractivity contribution < 1.29 is 13.6 Å². The number of hydrazine groups is 1. The van der Waals surface area contributed by atoms with E-state index < -0.39 is 17.8 Å². The van der Waals surface area contributed by atoms with Gasteiger partial charge in [-0.15, -0.1) is 15.3 Å². The topological polar surface area (TPSA) is 123 Å². The summed E-state index contributed by atoms with van der Waals surface area (Å²) in [5.41, 5.74) is 7.20. The molecule has 0 aliphatic heterocycles. The molecule has 2 saturated carbocycles. The van der Waals surface area contributed by atoms with Gasteiger partial charge in [-0.3, -0.25) is 10.1 Å². The highest BCUT2D eigenvalue weighted by molar-refractivity contribution is 7.15. The number of carbonyl (C=O) groups is 1. The minimum Gasteiger partial charge on any atom is -0.382 e. The molecule has 4 rings (SSSR count). The number of aromatic nitrogens is 2. The van der Waals surface area contributed by atoms with Crippen molar-refractivity contribution in [3.8, 4) is 0 Å². The quantitative estimate of drug-likeness (QED) is 0.241. The number of nitrogens with two attached hydrogens (primary N) is 2. The fourth-order valence-electron chi connectivity index (χ4n) is 4.80. The molecule has 2 fully saturated rings. The zero-order valence-electron chi connectivity index (χ0n) is 18.5. The molecule has 1 amide bonds. The van der Waals surface area contributed by atoms with E-state index in [9.17, 15) is 13.6 Å². The van der Waals surface area contributed by atoms with Crippen LogP contribution in [-0.4, -0.2) is 40.0 Å². The summed E-state index contributed by atoms with van der Waals surface area (Å²) in [6.07, 6.45) is 4.26. The maximum atomic E-state index is 14.0. The molecule has 0 spiro atoms. The van der Waals surface area contributed by atoms with Crippen LogP contribution >= 0.6 is 11.3 Å². The number of rotatable bonds is 7. The third-order valence-electron chi connectivity index (χ3n) is 6.40. The zero-order chi connectivity index (χ0) is 23.6. The Kier molecular flexibility index (Phi) is 6.89. The van der Waals surface area contributed by atoms with E-state index in [2.05, 4.69) is 20.6 Å². The first-order chi connectivity index (χ1) is 15.7. The maximum absolute atomic E-state index is 14.0. The molecule has 2 unspecified atom stereocenters. The van der Waals surface area contributed by atoms with Crippen molar-refractivity contribution in [3.63, 3.8) is 0 Å². The van der Waals surface area contributed by atoms with E-state index in [0.717, 1.165) is 23.0 Å². The number of alkyl halides is 2. The largest absolute Gasteiger partial charge is 0.382 e. The van der Waals surface area contributed by atoms with Crippen LogP contribution in [-0.2, 0) is 4.79 Å². The molecular weight excluding hydrogens is 448 g/mol. The van der Waals surface area contributed by atoms with E-state index in [4.69, 9.17) is 11.6 Å². The van der Waals surface area contributed by atoms with Gasteiger partial charge in [0.15, 0.2) is 5.84 Å². The van der Waals surface area contributed by atoms with Gasteiger partial charge in [0.25, 0.3) is 0 Å². The molecule has 0 bridgehead atoms. The van der Waals surface area contributed by atoms with Crippen LogP contribution in [0.25, 0.3) is 0 Å². The summed E-state index contributed by atoms with van der Waals surface area (Å²) in [5.74, 6) is 1.80. The SMILES string of the molecule is CN(N)/N=C(\N)c1ccc(C(C(=O)Nc2nnc(C3CCCC3)s2)C2CCC(F)(F)C2)cc1. The molecule has 8 nitrogen and oxygen atoms in total. The van der Waals surface area contributed by atoms with Crippen molar-refractivity contribution in [2.24, 2.45) is 22.6 Å². The Hall–Kier alpha value is -2.66. The number of hydrazone groups is 1. The first kappa shape index (κ1) is 23.5. The summed E-state index contributed by atoms with van der Waals surface area (Å²) in [4.78, 5) is 13.3. The number of nitrogens with one attached hydrogen (secondary N) is 1. The van der Waals surface area contributed by atoms with E-state index in [1.54, 1.807) is 31.3 Å². The normalized spacial score (nSPS) is 21.8. The van der Waals surface area contributed by atoms with Gasteiger partial charge in [0.05, 0.1) is 5.92 Å². The van der Waals surface area contributed by atoms with Gasteiger partial charge in [-0.1, -0.05) is 48.4 Å². The summed E-state index contributed by atoms with van der Waals surface area (Å²) in [6.45, 7) is 0. The zero-order valence-corrected chi connectivity index (χ0v) is 19.3. The molecule has 1 heterocycles. The van der Waals surface area contributed by atoms with Crippen LogP contribution in [0, 0.1) is 5.92 Å². The van der Waals surface area contributed by atoms with Gasteiger partial charge >= 0.3 is 0 Å². The van der Waals surface area contributed by atoms with Crippen molar-refractivity contribution in [2.75, 3.05) is 12.4 Å². The molecule has 1 aromatic carbocycles. The van der Waals surface area contributed by atoms with Gasteiger partial charge in [0.2, 0.25) is 17.0 Å². The van der Waals surface area contributed by atoms with Crippen LogP contribution < -0.4 is 16.9 Å². The minimum atomic E-state index is -2.76. The van der Waals surface area contributed by atoms with Crippen LogP contribution in [0.5, 0.6) is 0 Å². The fourth-order valence-corrected chi connectivity index (χ4v) is 5.72.